The molecule has 0 unspecified atom stereocenters. The number of aromatic nitrogens is 2. The molecule has 5 rings (SSSR count). The number of aryl methyl sites for hydroxylation is 1. The van der Waals surface area contributed by atoms with Gasteiger partial charge in [0.1, 0.15) is 22.7 Å². The van der Waals surface area contributed by atoms with Crippen LogP contribution in [0.2, 0.25) is 0 Å². The molecule has 182 valence electrons. The van der Waals surface area contributed by atoms with Crippen LogP contribution in [0.25, 0.3) is 28.2 Å². The second-order valence-electron chi connectivity index (χ2n) is 8.98. The van der Waals surface area contributed by atoms with Gasteiger partial charge in [0.2, 0.25) is 5.78 Å². The molecule has 8 heteroatoms. The molecule has 2 N–H and O–H groups in total. The Morgan fingerprint density at radius 3 is 2.67 bits per heavy atom. The first-order valence-electron chi connectivity index (χ1n) is 11.6. The quantitative estimate of drug-likeness (QED) is 0.405. The number of benzene rings is 2. The molecule has 3 heterocycles. The van der Waals surface area contributed by atoms with E-state index in [1.807, 2.05) is 55.0 Å². The van der Waals surface area contributed by atoms with Crippen LogP contribution in [0, 0.1) is 0 Å². The number of Topliss-reactive ketones (excluding diaryl/α,β-unsaturated/α-hetero) is 1. The SMILES string of the molecule is CN(C)CCNC(=O)c1ccc(-c2ccnc3c2c(C=C2Oc4cccc(O)c4C2=O)cn3C)cc1. The molecule has 8 nitrogen and oxygen atoms in total. The number of aromatic hydroxyl groups is 1. The number of phenols is 1. The van der Waals surface area contributed by atoms with Gasteiger partial charge < -0.3 is 24.6 Å². The van der Waals surface area contributed by atoms with Crippen LogP contribution in [-0.4, -0.2) is 58.4 Å². The van der Waals surface area contributed by atoms with Gasteiger partial charge in [-0.15, -0.1) is 0 Å². The molecule has 0 saturated heterocycles. The molecule has 1 aliphatic heterocycles. The Morgan fingerprint density at radius 1 is 1.17 bits per heavy atom. The van der Waals surface area contributed by atoms with E-state index in [2.05, 4.69) is 10.3 Å². The number of amides is 1. The molecule has 1 amide bonds. The van der Waals surface area contributed by atoms with Crippen LogP contribution >= 0.6 is 0 Å². The minimum Gasteiger partial charge on any atom is -0.507 e. The molecule has 0 bridgehead atoms. The molecular formula is C28H26N4O4. The molecule has 2 aromatic heterocycles. The Balaban J connectivity index is 1.50. The highest BCUT2D eigenvalue weighted by Gasteiger charge is 2.30. The summed E-state index contributed by atoms with van der Waals surface area (Å²) in [5.74, 6) is -0.113. The van der Waals surface area contributed by atoms with Gasteiger partial charge in [-0.2, -0.15) is 0 Å². The van der Waals surface area contributed by atoms with E-state index in [1.165, 1.54) is 6.07 Å². The van der Waals surface area contributed by atoms with Gasteiger partial charge in [-0.25, -0.2) is 4.98 Å². The Kier molecular flexibility index (Phi) is 6.03. The first-order valence-corrected chi connectivity index (χ1v) is 11.6. The van der Waals surface area contributed by atoms with Crippen molar-refractivity contribution in [2.24, 2.45) is 7.05 Å². The van der Waals surface area contributed by atoms with Crippen LogP contribution in [0.4, 0.5) is 0 Å². The average Bonchev–Trinajstić information content (AvgIpc) is 3.36. The van der Waals surface area contributed by atoms with Crippen molar-refractivity contribution in [2.45, 2.75) is 0 Å². The Labute approximate surface area is 208 Å². The van der Waals surface area contributed by atoms with Crippen LogP contribution in [0.3, 0.4) is 0 Å². The summed E-state index contributed by atoms with van der Waals surface area (Å²) in [5.41, 5.74) is 4.09. The van der Waals surface area contributed by atoms with Gasteiger partial charge in [0, 0.05) is 49.0 Å². The van der Waals surface area contributed by atoms with E-state index in [-0.39, 0.29) is 28.8 Å². The third kappa shape index (κ3) is 4.23. The standard InChI is InChI=1S/C28H26N4O4/c1-31(2)14-13-30-28(35)18-9-7-17(8-10-18)20-11-12-29-27-24(20)19(16-32(27)3)15-23-26(34)25-21(33)5-4-6-22(25)36-23/h4-12,15-16,33H,13-14H2,1-3H3,(H,30,35). The summed E-state index contributed by atoms with van der Waals surface area (Å²) in [6.45, 7) is 1.34. The number of nitrogens with one attached hydrogen (secondary N) is 1. The average molecular weight is 483 g/mol. The maximum Gasteiger partial charge on any atom is 0.251 e. The molecule has 0 radical (unpaired) electrons. The molecule has 0 spiro atoms. The topological polar surface area (TPSA) is 96.7 Å². The fourth-order valence-electron chi connectivity index (χ4n) is 4.34. The number of carbonyl (C=O) groups excluding carboxylic acids is 2. The number of rotatable bonds is 6. The third-order valence-corrected chi connectivity index (χ3v) is 6.15. The lowest BCUT2D eigenvalue weighted by atomic mass is 9.99. The number of hydrogen-bond acceptors (Lipinski definition) is 6. The van der Waals surface area contributed by atoms with Crippen molar-refractivity contribution in [2.75, 3.05) is 27.2 Å². The summed E-state index contributed by atoms with van der Waals surface area (Å²) in [5, 5.41) is 13.9. The lowest BCUT2D eigenvalue weighted by Gasteiger charge is -2.11. The predicted octanol–water partition coefficient (Wildman–Crippen LogP) is 3.85. The zero-order chi connectivity index (χ0) is 25.4. The van der Waals surface area contributed by atoms with Gasteiger partial charge in [0.15, 0.2) is 5.76 Å². The number of likely N-dealkylation sites (N-methyl/N-ethyl adjacent to an activating group) is 1. The summed E-state index contributed by atoms with van der Waals surface area (Å²) < 4.78 is 7.66. The van der Waals surface area contributed by atoms with Gasteiger partial charge in [0.25, 0.3) is 5.91 Å². The van der Waals surface area contributed by atoms with Crippen molar-refractivity contribution in [3.63, 3.8) is 0 Å². The summed E-state index contributed by atoms with van der Waals surface area (Å²) in [6.07, 6.45) is 5.31. The van der Waals surface area contributed by atoms with Crippen molar-refractivity contribution in [3.05, 3.63) is 83.4 Å². The Morgan fingerprint density at radius 2 is 1.94 bits per heavy atom. The van der Waals surface area contributed by atoms with Crippen LogP contribution in [0.5, 0.6) is 11.5 Å². The minimum absolute atomic E-state index is 0.105. The van der Waals surface area contributed by atoms with Gasteiger partial charge in [0.05, 0.1) is 0 Å². The fourth-order valence-corrected chi connectivity index (χ4v) is 4.34. The van der Waals surface area contributed by atoms with E-state index in [0.717, 1.165) is 34.3 Å². The Bertz CT molecular complexity index is 1520. The zero-order valence-corrected chi connectivity index (χ0v) is 20.3. The molecular weight excluding hydrogens is 456 g/mol. The summed E-state index contributed by atoms with van der Waals surface area (Å²) in [6, 6.07) is 14.1. The molecule has 36 heavy (non-hydrogen) atoms. The van der Waals surface area contributed by atoms with Crippen molar-refractivity contribution >= 4 is 28.8 Å². The number of phenolic OH excluding ortho intramolecular Hbond substituents is 1. The minimum atomic E-state index is -0.366. The predicted molar refractivity (Wildman–Crippen MR) is 138 cm³/mol. The number of ketones is 1. The highest BCUT2D eigenvalue weighted by molar-refractivity contribution is 6.17. The summed E-state index contributed by atoms with van der Waals surface area (Å²) in [4.78, 5) is 31.9. The largest absolute Gasteiger partial charge is 0.507 e. The lowest BCUT2D eigenvalue weighted by Crippen LogP contribution is -2.31. The molecule has 0 atom stereocenters. The van der Waals surface area contributed by atoms with Gasteiger partial charge in [-0.3, -0.25) is 9.59 Å². The van der Waals surface area contributed by atoms with Crippen molar-refractivity contribution < 1.29 is 19.4 Å². The molecule has 0 saturated carbocycles. The number of pyridine rings is 1. The second kappa shape index (κ2) is 9.31. The summed E-state index contributed by atoms with van der Waals surface area (Å²) in [7, 11) is 5.81. The van der Waals surface area contributed by atoms with Crippen molar-refractivity contribution in [1.29, 1.82) is 0 Å². The highest BCUT2D eigenvalue weighted by atomic mass is 16.5. The lowest BCUT2D eigenvalue weighted by molar-refractivity contribution is 0.0950. The number of hydrogen-bond donors (Lipinski definition) is 2. The maximum atomic E-state index is 12.9. The van der Waals surface area contributed by atoms with Crippen LogP contribution < -0.4 is 10.1 Å². The molecule has 2 aromatic carbocycles. The monoisotopic (exact) mass is 482 g/mol. The summed E-state index contributed by atoms with van der Waals surface area (Å²) >= 11 is 0. The van der Waals surface area contributed by atoms with Gasteiger partial charge >= 0.3 is 0 Å². The van der Waals surface area contributed by atoms with E-state index in [9.17, 15) is 14.7 Å². The first kappa shape index (κ1) is 23.3. The number of carbonyl (C=O) groups is 2. The zero-order valence-electron chi connectivity index (χ0n) is 20.3. The first-order chi connectivity index (χ1) is 17.3. The smallest absolute Gasteiger partial charge is 0.251 e. The van der Waals surface area contributed by atoms with Gasteiger partial charge in [-0.05, 0) is 61.6 Å². The van der Waals surface area contributed by atoms with E-state index in [4.69, 9.17) is 4.74 Å². The number of allylic oxidation sites excluding steroid dienone is 1. The van der Waals surface area contributed by atoms with Crippen LogP contribution in [0.1, 0.15) is 26.3 Å². The fraction of sp³-hybridized carbons (Fsp3) is 0.179. The molecule has 0 aliphatic carbocycles. The molecule has 1 aliphatic rings. The van der Waals surface area contributed by atoms with E-state index < -0.39 is 0 Å². The normalized spacial score (nSPS) is 13.9. The highest BCUT2D eigenvalue weighted by Crippen LogP contribution is 2.39. The van der Waals surface area contributed by atoms with Crippen LogP contribution in [-0.2, 0) is 7.05 Å². The maximum absolute atomic E-state index is 12.9. The Hall–Kier alpha value is -4.43. The van der Waals surface area contributed by atoms with E-state index >= 15 is 0 Å². The molecule has 4 aromatic rings. The molecule has 0 fully saturated rings. The number of ether oxygens (including phenoxy) is 1. The van der Waals surface area contributed by atoms with Gasteiger partial charge in [-0.1, -0.05) is 18.2 Å². The third-order valence-electron chi connectivity index (χ3n) is 6.15. The van der Waals surface area contributed by atoms with E-state index in [0.29, 0.717) is 17.9 Å². The van der Waals surface area contributed by atoms with Crippen molar-refractivity contribution in [1.82, 2.24) is 19.8 Å². The van der Waals surface area contributed by atoms with Crippen molar-refractivity contribution in [3.8, 4) is 22.6 Å². The second-order valence-corrected chi connectivity index (χ2v) is 8.98. The number of nitrogens with zero attached hydrogens (tertiary/aromatic N) is 3. The van der Waals surface area contributed by atoms with Crippen LogP contribution in [0.15, 0.2) is 66.7 Å². The van der Waals surface area contributed by atoms with E-state index in [1.54, 1.807) is 36.5 Å². The number of fused-ring (bicyclic) bond motifs is 2.